The van der Waals surface area contributed by atoms with Gasteiger partial charge in [-0.2, -0.15) is 0 Å². The molecule has 3 heterocycles. The van der Waals surface area contributed by atoms with Crippen LogP contribution in [0.2, 0.25) is 0 Å². The molecule has 132 valence electrons. The Kier molecular flexibility index (Phi) is 5.75. The lowest BCUT2D eigenvalue weighted by atomic mass is 10.1. The number of aromatic nitrogens is 1. The van der Waals surface area contributed by atoms with Crippen LogP contribution >= 0.6 is 23.1 Å². The van der Waals surface area contributed by atoms with Gasteiger partial charge in [0.05, 0.1) is 27.9 Å². The zero-order chi connectivity index (χ0) is 17.8. The molecule has 1 aliphatic heterocycles. The molecule has 0 unspecified atom stereocenters. The first-order chi connectivity index (χ1) is 12.0. The Labute approximate surface area is 155 Å². The van der Waals surface area contributed by atoms with Crippen LogP contribution in [-0.2, 0) is 22.6 Å². The number of carbonyl (C=O) groups excluding carboxylic acids is 2. The van der Waals surface area contributed by atoms with E-state index in [9.17, 15) is 9.59 Å². The summed E-state index contributed by atoms with van der Waals surface area (Å²) in [4.78, 5) is 31.7. The second kappa shape index (κ2) is 8.01. The van der Waals surface area contributed by atoms with E-state index in [1.165, 1.54) is 4.88 Å². The van der Waals surface area contributed by atoms with Gasteiger partial charge in [-0.1, -0.05) is 19.9 Å². The molecule has 1 aliphatic rings. The van der Waals surface area contributed by atoms with E-state index in [2.05, 4.69) is 30.2 Å². The number of thioether (sulfide) groups is 1. The minimum atomic E-state index is -0.173. The van der Waals surface area contributed by atoms with Gasteiger partial charge < -0.3 is 10.2 Å². The standard InChI is InChI=1S/C18H21N3O2S2/c1-12(2)7-14-8-15-18(25-14)24-11-17(23)21(15)10-16(22)20-9-13-5-3-4-6-19-13/h3-6,8,12H,7,9-11H2,1-2H3,(H,20,22). The summed E-state index contributed by atoms with van der Waals surface area (Å²) in [7, 11) is 0. The Morgan fingerprint density at radius 3 is 2.96 bits per heavy atom. The zero-order valence-corrected chi connectivity index (χ0v) is 16.0. The molecule has 0 radical (unpaired) electrons. The molecular formula is C18H21N3O2S2. The lowest BCUT2D eigenvalue weighted by molar-refractivity contribution is -0.123. The first kappa shape index (κ1) is 17.9. The molecule has 0 fully saturated rings. The van der Waals surface area contributed by atoms with Gasteiger partial charge in [0, 0.05) is 11.1 Å². The Morgan fingerprint density at radius 2 is 2.24 bits per heavy atom. The normalized spacial score (nSPS) is 13.9. The van der Waals surface area contributed by atoms with Crippen molar-refractivity contribution in [1.29, 1.82) is 0 Å². The summed E-state index contributed by atoms with van der Waals surface area (Å²) in [5.41, 5.74) is 1.68. The van der Waals surface area contributed by atoms with Crippen LogP contribution in [0.1, 0.15) is 24.4 Å². The molecular weight excluding hydrogens is 354 g/mol. The van der Waals surface area contributed by atoms with Crippen molar-refractivity contribution in [1.82, 2.24) is 10.3 Å². The molecule has 0 spiro atoms. The number of rotatable bonds is 6. The smallest absolute Gasteiger partial charge is 0.240 e. The quantitative estimate of drug-likeness (QED) is 0.843. The number of carbonyl (C=O) groups is 2. The van der Waals surface area contributed by atoms with Crippen molar-refractivity contribution in [3.8, 4) is 0 Å². The van der Waals surface area contributed by atoms with E-state index in [0.29, 0.717) is 18.2 Å². The maximum absolute atomic E-state index is 12.3. The highest BCUT2D eigenvalue weighted by atomic mass is 32.2. The van der Waals surface area contributed by atoms with Crippen molar-refractivity contribution in [3.63, 3.8) is 0 Å². The number of anilines is 1. The maximum Gasteiger partial charge on any atom is 0.240 e. The molecule has 3 rings (SSSR count). The van der Waals surface area contributed by atoms with E-state index in [4.69, 9.17) is 0 Å². The molecule has 7 heteroatoms. The number of thiophene rings is 1. The molecule has 25 heavy (non-hydrogen) atoms. The predicted octanol–water partition coefficient (Wildman–Crippen LogP) is 3.10. The van der Waals surface area contributed by atoms with Crippen LogP contribution in [-0.4, -0.2) is 29.1 Å². The van der Waals surface area contributed by atoms with Gasteiger partial charge in [0.1, 0.15) is 6.54 Å². The van der Waals surface area contributed by atoms with Gasteiger partial charge in [-0.05, 0) is 30.5 Å². The van der Waals surface area contributed by atoms with E-state index in [1.807, 2.05) is 18.2 Å². The average Bonchev–Trinajstić information content (AvgIpc) is 2.98. The zero-order valence-electron chi connectivity index (χ0n) is 14.3. The van der Waals surface area contributed by atoms with Gasteiger partial charge >= 0.3 is 0 Å². The Morgan fingerprint density at radius 1 is 1.40 bits per heavy atom. The third-order valence-corrected chi connectivity index (χ3v) is 6.16. The van der Waals surface area contributed by atoms with Gasteiger partial charge in [-0.25, -0.2) is 0 Å². The molecule has 0 aromatic carbocycles. The Bertz CT molecular complexity index is 759. The van der Waals surface area contributed by atoms with Crippen LogP contribution in [0, 0.1) is 5.92 Å². The fourth-order valence-corrected chi connectivity index (χ4v) is 5.17. The van der Waals surface area contributed by atoms with E-state index >= 15 is 0 Å². The summed E-state index contributed by atoms with van der Waals surface area (Å²) in [5, 5.41) is 2.84. The fourth-order valence-electron chi connectivity index (χ4n) is 2.61. The Balaban J connectivity index is 1.66. The van der Waals surface area contributed by atoms with Crippen LogP contribution in [0.3, 0.4) is 0 Å². The minimum absolute atomic E-state index is 0.0145. The lowest BCUT2D eigenvalue weighted by Crippen LogP contribution is -2.42. The Hall–Kier alpha value is -1.86. The molecule has 5 nitrogen and oxygen atoms in total. The van der Waals surface area contributed by atoms with E-state index < -0.39 is 0 Å². The summed E-state index contributed by atoms with van der Waals surface area (Å²) < 4.78 is 1.13. The molecule has 0 atom stereocenters. The van der Waals surface area contributed by atoms with Crippen LogP contribution < -0.4 is 10.2 Å². The monoisotopic (exact) mass is 375 g/mol. The lowest BCUT2D eigenvalue weighted by Gasteiger charge is -2.25. The van der Waals surface area contributed by atoms with Crippen LogP contribution in [0.25, 0.3) is 0 Å². The van der Waals surface area contributed by atoms with Crippen LogP contribution in [0.15, 0.2) is 34.7 Å². The van der Waals surface area contributed by atoms with Gasteiger partial charge in [0.25, 0.3) is 0 Å². The van der Waals surface area contributed by atoms with Gasteiger partial charge in [-0.15, -0.1) is 23.1 Å². The molecule has 0 saturated heterocycles. The number of nitrogens with zero attached hydrogens (tertiary/aromatic N) is 2. The second-order valence-corrected chi connectivity index (χ2v) is 8.73. The third-order valence-electron chi connectivity index (χ3n) is 3.75. The number of hydrogen-bond donors (Lipinski definition) is 1. The van der Waals surface area contributed by atoms with Gasteiger partial charge in [-0.3, -0.25) is 14.6 Å². The first-order valence-corrected chi connectivity index (χ1v) is 10.1. The number of amides is 2. The minimum Gasteiger partial charge on any atom is -0.349 e. The van der Waals surface area contributed by atoms with Crippen molar-refractivity contribution < 1.29 is 9.59 Å². The summed E-state index contributed by atoms with van der Waals surface area (Å²) >= 11 is 3.31. The SMILES string of the molecule is CC(C)Cc1cc2c(s1)SCC(=O)N2CC(=O)NCc1ccccn1. The summed E-state index contributed by atoms with van der Waals surface area (Å²) in [6.07, 6.45) is 2.69. The van der Waals surface area contributed by atoms with E-state index in [0.717, 1.165) is 22.0 Å². The maximum atomic E-state index is 12.3. The number of nitrogens with one attached hydrogen (secondary N) is 1. The second-order valence-electron chi connectivity index (χ2n) is 6.35. The summed E-state index contributed by atoms with van der Waals surface area (Å²) in [5.74, 6) is 0.770. The van der Waals surface area contributed by atoms with Crippen molar-refractivity contribution in [3.05, 3.63) is 41.0 Å². The van der Waals surface area contributed by atoms with Crippen molar-refractivity contribution in [2.45, 2.75) is 31.0 Å². The van der Waals surface area contributed by atoms with Crippen LogP contribution in [0.4, 0.5) is 5.69 Å². The molecule has 0 aliphatic carbocycles. The van der Waals surface area contributed by atoms with E-state index in [-0.39, 0.29) is 18.4 Å². The number of fused-ring (bicyclic) bond motifs is 1. The third kappa shape index (κ3) is 4.61. The molecule has 2 amide bonds. The topological polar surface area (TPSA) is 62.3 Å². The molecule has 2 aromatic heterocycles. The highest BCUT2D eigenvalue weighted by molar-refractivity contribution is 8.02. The van der Waals surface area contributed by atoms with E-state index in [1.54, 1.807) is 34.2 Å². The molecule has 0 bridgehead atoms. The predicted molar refractivity (Wildman–Crippen MR) is 102 cm³/mol. The van der Waals surface area contributed by atoms with Crippen molar-refractivity contribution in [2.75, 3.05) is 17.2 Å². The number of pyridine rings is 1. The first-order valence-electron chi connectivity index (χ1n) is 8.25. The van der Waals surface area contributed by atoms with Crippen LogP contribution in [0.5, 0.6) is 0 Å². The summed E-state index contributed by atoms with van der Waals surface area (Å²) in [6, 6.07) is 7.64. The highest BCUT2D eigenvalue weighted by Crippen LogP contribution is 2.42. The average molecular weight is 376 g/mol. The highest BCUT2D eigenvalue weighted by Gasteiger charge is 2.28. The molecule has 0 saturated carbocycles. The molecule has 1 N–H and O–H groups in total. The van der Waals surface area contributed by atoms with Gasteiger partial charge in [0.2, 0.25) is 11.8 Å². The largest absolute Gasteiger partial charge is 0.349 e. The summed E-state index contributed by atoms with van der Waals surface area (Å²) in [6.45, 7) is 4.78. The fraction of sp³-hybridized carbons (Fsp3) is 0.389. The number of hydrogen-bond acceptors (Lipinski definition) is 5. The van der Waals surface area contributed by atoms with Gasteiger partial charge in [0.15, 0.2) is 0 Å². The molecule has 2 aromatic rings. The van der Waals surface area contributed by atoms with Crippen molar-refractivity contribution >= 4 is 40.6 Å². The van der Waals surface area contributed by atoms with Crippen molar-refractivity contribution in [2.24, 2.45) is 5.92 Å².